The zero-order valence-corrected chi connectivity index (χ0v) is 13.5. The van der Waals surface area contributed by atoms with E-state index >= 15 is 0 Å². The normalized spacial score (nSPS) is 15.9. The molecule has 1 N–H and O–H groups in total. The van der Waals surface area contributed by atoms with E-state index in [4.69, 9.17) is 0 Å². The van der Waals surface area contributed by atoms with Crippen LogP contribution in [0.3, 0.4) is 0 Å². The van der Waals surface area contributed by atoms with Gasteiger partial charge in [-0.25, -0.2) is 9.37 Å². The van der Waals surface area contributed by atoms with E-state index in [0.29, 0.717) is 30.0 Å². The van der Waals surface area contributed by atoms with Crippen molar-refractivity contribution in [3.8, 4) is 5.75 Å². The van der Waals surface area contributed by atoms with Gasteiger partial charge in [-0.1, -0.05) is 6.07 Å². The van der Waals surface area contributed by atoms with E-state index < -0.39 is 23.5 Å². The highest BCUT2D eigenvalue weighted by atomic mass is 19.4. The second-order valence-electron chi connectivity index (χ2n) is 6.15. The minimum Gasteiger partial charge on any atom is -0.403 e. The van der Waals surface area contributed by atoms with Crippen molar-refractivity contribution in [1.82, 2.24) is 19.6 Å². The Morgan fingerprint density at radius 1 is 1.23 bits per heavy atom. The smallest absolute Gasteiger partial charge is 0.403 e. The maximum Gasteiger partial charge on any atom is 0.573 e. The first-order valence-corrected chi connectivity index (χ1v) is 7.77. The van der Waals surface area contributed by atoms with Crippen LogP contribution < -0.4 is 10.1 Å². The Balaban J connectivity index is 1.65. The lowest BCUT2D eigenvalue weighted by molar-refractivity contribution is -0.275. The molecule has 0 atom stereocenters. The molecule has 4 rings (SSSR count). The molecular formula is C16H13F4N5O. The third-order valence-corrected chi connectivity index (χ3v) is 4.21. The topological polar surface area (TPSA) is 64.3 Å². The van der Waals surface area contributed by atoms with Gasteiger partial charge in [0.05, 0.1) is 5.54 Å². The predicted octanol–water partition coefficient (Wildman–Crippen LogP) is 3.57. The van der Waals surface area contributed by atoms with Crippen LogP contribution in [0.25, 0.3) is 5.78 Å². The Labute approximate surface area is 144 Å². The number of ether oxygens (including phenoxy) is 1. The third kappa shape index (κ3) is 3.02. The molecule has 3 aromatic rings. The molecule has 10 heteroatoms. The number of nitrogens with zero attached hydrogens (tertiary/aromatic N) is 4. The molecule has 136 valence electrons. The number of halogens is 4. The summed E-state index contributed by atoms with van der Waals surface area (Å²) in [5.41, 5.74) is 0.681. The minimum absolute atomic E-state index is 0.420. The number of hydrogen-bond acceptors (Lipinski definition) is 5. The van der Waals surface area contributed by atoms with Gasteiger partial charge < -0.3 is 10.1 Å². The Bertz CT molecular complexity index is 980. The summed E-state index contributed by atoms with van der Waals surface area (Å²) >= 11 is 0. The number of aryl methyl sites for hydroxylation is 1. The minimum atomic E-state index is -4.94. The van der Waals surface area contributed by atoms with E-state index in [1.54, 1.807) is 6.07 Å². The van der Waals surface area contributed by atoms with E-state index in [0.717, 1.165) is 17.8 Å². The monoisotopic (exact) mass is 367 g/mol. The summed E-state index contributed by atoms with van der Waals surface area (Å²) in [6.07, 6.45) is -2.17. The number of rotatable bonds is 4. The summed E-state index contributed by atoms with van der Waals surface area (Å²) in [7, 11) is 0. The lowest BCUT2D eigenvalue weighted by atomic mass is 10.0. The summed E-state index contributed by atoms with van der Waals surface area (Å²) in [5, 5.41) is 7.40. The van der Waals surface area contributed by atoms with Crippen molar-refractivity contribution >= 4 is 11.6 Å². The highest BCUT2D eigenvalue weighted by molar-refractivity contribution is 5.51. The number of alkyl halides is 3. The summed E-state index contributed by atoms with van der Waals surface area (Å²) in [4.78, 5) is 8.29. The quantitative estimate of drug-likeness (QED) is 0.715. The lowest BCUT2D eigenvalue weighted by Crippen LogP contribution is -2.22. The molecule has 0 aliphatic heterocycles. The molecule has 0 spiro atoms. The van der Waals surface area contributed by atoms with Crippen molar-refractivity contribution < 1.29 is 22.3 Å². The SMILES string of the molecule is Cc1cc(NC2(c3ccc(OC(F)(F)F)c(F)c3)CC2)n2ncnc2n1. The van der Waals surface area contributed by atoms with E-state index in [1.165, 1.54) is 16.9 Å². The Morgan fingerprint density at radius 2 is 2.00 bits per heavy atom. The number of hydrogen-bond donors (Lipinski definition) is 1. The fraction of sp³-hybridized carbons (Fsp3) is 0.312. The largest absolute Gasteiger partial charge is 0.573 e. The first-order chi connectivity index (χ1) is 12.3. The van der Waals surface area contributed by atoms with Gasteiger partial charge in [0.1, 0.15) is 12.1 Å². The molecule has 2 heterocycles. The molecule has 1 aliphatic rings. The van der Waals surface area contributed by atoms with Crippen molar-refractivity contribution in [3.05, 3.63) is 47.7 Å². The molecule has 1 saturated carbocycles. The molecule has 0 saturated heterocycles. The Hall–Kier alpha value is -2.91. The summed E-state index contributed by atoms with van der Waals surface area (Å²) in [6, 6.07) is 5.26. The van der Waals surface area contributed by atoms with Crippen molar-refractivity contribution in [2.24, 2.45) is 0 Å². The van der Waals surface area contributed by atoms with Gasteiger partial charge in [0.15, 0.2) is 11.6 Å². The molecule has 0 bridgehead atoms. The maximum absolute atomic E-state index is 14.1. The van der Waals surface area contributed by atoms with Crippen LogP contribution in [0.5, 0.6) is 5.75 Å². The van der Waals surface area contributed by atoms with Gasteiger partial charge in [-0.05, 0) is 37.5 Å². The fourth-order valence-electron chi connectivity index (χ4n) is 2.88. The second-order valence-corrected chi connectivity index (χ2v) is 6.15. The predicted molar refractivity (Wildman–Crippen MR) is 83.1 cm³/mol. The average molecular weight is 367 g/mol. The van der Waals surface area contributed by atoms with Crippen LogP contribution in [-0.2, 0) is 5.54 Å². The van der Waals surface area contributed by atoms with Gasteiger partial charge in [0, 0.05) is 11.8 Å². The van der Waals surface area contributed by atoms with Crippen molar-refractivity contribution in [2.45, 2.75) is 31.7 Å². The molecule has 1 fully saturated rings. The van der Waals surface area contributed by atoms with Crippen molar-refractivity contribution in [3.63, 3.8) is 0 Å². The van der Waals surface area contributed by atoms with Gasteiger partial charge in [0.25, 0.3) is 5.78 Å². The molecule has 26 heavy (non-hydrogen) atoms. The van der Waals surface area contributed by atoms with Gasteiger partial charge in [-0.3, -0.25) is 0 Å². The van der Waals surface area contributed by atoms with E-state index in [9.17, 15) is 17.6 Å². The third-order valence-electron chi connectivity index (χ3n) is 4.21. The summed E-state index contributed by atoms with van der Waals surface area (Å²) < 4.78 is 56.1. The van der Waals surface area contributed by atoms with Crippen LogP contribution in [0.2, 0.25) is 0 Å². The standard InChI is InChI=1S/C16H13F4N5O/c1-9-6-13(25-14(23-9)21-8-22-25)24-15(4-5-15)10-2-3-12(11(17)7-10)26-16(18,19)20/h2-3,6-8,24H,4-5H2,1H3. The molecule has 0 unspecified atom stereocenters. The molecular weight excluding hydrogens is 354 g/mol. The second kappa shape index (κ2) is 5.55. The van der Waals surface area contributed by atoms with Gasteiger partial charge in [-0.2, -0.15) is 14.6 Å². The van der Waals surface area contributed by atoms with Crippen LogP contribution in [0.15, 0.2) is 30.6 Å². The summed E-state index contributed by atoms with van der Waals surface area (Å²) in [5.74, 6) is -0.873. The van der Waals surface area contributed by atoms with E-state index in [1.807, 2.05) is 6.92 Å². The Kier molecular flexibility index (Phi) is 3.53. The molecule has 6 nitrogen and oxygen atoms in total. The zero-order valence-electron chi connectivity index (χ0n) is 13.5. The van der Waals surface area contributed by atoms with Gasteiger partial charge >= 0.3 is 6.36 Å². The van der Waals surface area contributed by atoms with Crippen LogP contribution in [0, 0.1) is 12.7 Å². The zero-order chi connectivity index (χ0) is 18.5. The number of fused-ring (bicyclic) bond motifs is 1. The van der Waals surface area contributed by atoms with E-state index in [2.05, 4.69) is 25.1 Å². The van der Waals surface area contributed by atoms with Gasteiger partial charge in [-0.15, -0.1) is 13.2 Å². The molecule has 1 aliphatic carbocycles. The highest BCUT2D eigenvalue weighted by Gasteiger charge is 2.45. The van der Waals surface area contributed by atoms with Gasteiger partial charge in [0.2, 0.25) is 0 Å². The molecule has 0 amide bonds. The molecule has 1 aromatic carbocycles. The fourth-order valence-corrected chi connectivity index (χ4v) is 2.88. The number of nitrogens with one attached hydrogen (secondary N) is 1. The first-order valence-electron chi connectivity index (χ1n) is 7.77. The summed E-state index contributed by atoms with van der Waals surface area (Å²) in [6.45, 7) is 1.81. The van der Waals surface area contributed by atoms with Crippen LogP contribution in [0.1, 0.15) is 24.1 Å². The lowest BCUT2D eigenvalue weighted by Gasteiger charge is -2.20. The average Bonchev–Trinajstić information content (AvgIpc) is 3.16. The molecule has 0 radical (unpaired) electrons. The van der Waals surface area contributed by atoms with Crippen LogP contribution in [-0.4, -0.2) is 25.9 Å². The van der Waals surface area contributed by atoms with E-state index in [-0.39, 0.29) is 0 Å². The van der Waals surface area contributed by atoms with Crippen LogP contribution >= 0.6 is 0 Å². The number of aromatic nitrogens is 4. The maximum atomic E-state index is 14.1. The van der Waals surface area contributed by atoms with Crippen LogP contribution in [0.4, 0.5) is 23.4 Å². The van der Waals surface area contributed by atoms with Crippen molar-refractivity contribution in [1.29, 1.82) is 0 Å². The number of anilines is 1. The Morgan fingerprint density at radius 3 is 2.65 bits per heavy atom. The first kappa shape index (κ1) is 16.6. The van der Waals surface area contributed by atoms with Crippen molar-refractivity contribution in [2.75, 3.05) is 5.32 Å². The number of benzene rings is 1. The highest BCUT2D eigenvalue weighted by Crippen LogP contribution is 2.49. The molecule has 2 aromatic heterocycles.